The highest BCUT2D eigenvalue weighted by Crippen LogP contribution is 2.41. The lowest BCUT2D eigenvalue weighted by molar-refractivity contribution is 0.415. The van der Waals surface area contributed by atoms with Crippen molar-refractivity contribution in [1.82, 2.24) is 4.98 Å². The van der Waals surface area contributed by atoms with Crippen LogP contribution in [0.25, 0.3) is 21.1 Å². The Morgan fingerprint density at radius 3 is 2.46 bits per heavy atom. The van der Waals surface area contributed by atoms with Crippen LogP contribution in [0.1, 0.15) is 4.88 Å². The molecule has 2 N–H and O–H groups in total. The van der Waals surface area contributed by atoms with Crippen LogP contribution in [0.4, 0.5) is 5.00 Å². The maximum absolute atomic E-state index is 6.21. The van der Waals surface area contributed by atoms with Gasteiger partial charge in [-0.3, -0.25) is 0 Å². The molecule has 0 spiro atoms. The third-order valence-corrected chi connectivity index (χ3v) is 6.46. The van der Waals surface area contributed by atoms with Crippen LogP contribution in [0.2, 0.25) is 0 Å². The molecule has 1 aromatic carbocycles. The summed E-state index contributed by atoms with van der Waals surface area (Å²) < 4.78 is 5.23. The first-order chi connectivity index (χ1) is 12.7. The van der Waals surface area contributed by atoms with E-state index in [9.17, 15) is 0 Å². The second kappa shape index (κ2) is 7.41. The third-order valence-electron chi connectivity index (χ3n) is 3.70. The number of rotatable bonds is 5. The van der Waals surface area contributed by atoms with Crippen molar-refractivity contribution in [3.63, 3.8) is 0 Å². The second-order valence-electron chi connectivity index (χ2n) is 5.35. The molecular formula is C19H15N3OS3. The molecule has 0 fully saturated rings. The average molecular weight is 398 g/mol. The Kier molecular flexibility index (Phi) is 4.83. The number of aliphatic imine (C=N–C) groups is 1. The van der Waals surface area contributed by atoms with E-state index >= 15 is 0 Å². The minimum atomic E-state index is 0.516. The summed E-state index contributed by atoms with van der Waals surface area (Å²) >= 11 is 4.77. The molecule has 0 saturated heterocycles. The molecule has 0 atom stereocenters. The molecule has 0 amide bonds. The fourth-order valence-electron chi connectivity index (χ4n) is 2.41. The summed E-state index contributed by atoms with van der Waals surface area (Å²) in [4.78, 5) is 11.6. The molecule has 0 saturated carbocycles. The van der Waals surface area contributed by atoms with Crippen molar-refractivity contribution < 1.29 is 4.74 Å². The van der Waals surface area contributed by atoms with Crippen LogP contribution >= 0.6 is 34.0 Å². The number of thiophene rings is 2. The van der Waals surface area contributed by atoms with E-state index in [1.807, 2.05) is 53.2 Å². The Labute approximate surface area is 163 Å². The van der Waals surface area contributed by atoms with Gasteiger partial charge in [0.05, 0.1) is 16.9 Å². The van der Waals surface area contributed by atoms with Gasteiger partial charge in [-0.15, -0.1) is 22.7 Å². The van der Waals surface area contributed by atoms with E-state index in [1.165, 1.54) is 0 Å². The zero-order valence-corrected chi connectivity index (χ0v) is 16.3. The maximum atomic E-state index is 6.21. The lowest BCUT2D eigenvalue weighted by Gasteiger charge is -1.99. The highest BCUT2D eigenvalue weighted by molar-refractivity contribution is 7.20. The molecule has 7 heteroatoms. The van der Waals surface area contributed by atoms with E-state index in [2.05, 4.69) is 11.1 Å². The van der Waals surface area contributed by atoms with E-state index in [0.29, 0.717) is 5.84 Å². The molecule has 0 aliphatic rings. The normalized spacial score (nSPS) is 11.7. The van der Waals surface area contributed by atoms with E-state index in [0.717, 1.165) is 36.8 Å². The smallest absolute Gasteiger partial charge is 0.147 e. The highest BCUT2D eigenvalue weighted by atomic mass is 32.1. The number of aromatic nitrogens is 1. The van der Waals surface area contributed by atoms with Gasteiger partial charge in [-0.25, -0.2) is 9.98 Å². The van der Waals surface area contributed by atoms with Gasteiger partial charge in [0.25, 0.3) is 0 Å². The number of methoxy groups -OCH3 is 1. The molecule has 0 unspecified atom stereocenters. The summed E-state index contributed by atoms with van der Waals surface area (Å²) in [6.45, 7) is 0. The van der Waals surface area contributed by atoms with Gasteiger partial charge in [0.2, 0.25) is 0 Å². The number of nitrogens with zero attached hydrogens (tertiary/aromatic N) is 2. The topological polar surface area (TPSA) is 60.5 Å². The molecular weight excluding hydrogens is 382 g/mol. The number of nitrogens with two attached hydrogens (primary N) is 1. The van der Waals surface area contributed by atoms with Crippen LogP contribution in [0.5, 0.6) is 5.75 Å². The maximum Gasteiger partial charge on any atom is 0.147 e. The molecule has 4 aromatic rings. The third kappa shape index (κ3) is 3.41. The van der Waals surface area contributed by atoms with Gasteiger partial charge < -0.3 is 10.5 Å². The molecule has 26 heavy (non-hydrogen) atoms. The Bertz CT molecular complexity index is 1020. The van der Waals surface area contributed by atoms with Gasteiger partial charge in [-0.1, -0.05) is 23.5 Å². The molecule has 0 bridgehead atoms. The van der Waals surface area contributed by atoms with Crippen molar-refractivity contribution in [2.24, 2.45) is 10.7 Å². The largest absolute Gasteiger partial charge is 0.497 e. The van der Waals surface area contributed by atoms with Gasteiger partial charge >= 0.3 is 0 Å². The quantitative estimate of drug-likeness (QED) is 0.350. The molecule has 0 radical (unpaired) electrons. The standard InChI is InChI=1S/C19H15N3OS3/c1-23-13-8-6-12(7-9-13)18-21-16(14-4-2-10-24-14)19(26-18)22-17(20)15-5-3-11-25-15/h2-11H,1H3,(H2,20,22). The monoisotopic (exact) mass is 397 g/mol. The Morgan fingerprint density at radius 1 is 1.04 bits per heavy atom. The van der Waals surface area contributed by atoms with E-state index in [4.69, 9.17) is 15.5 Å². The molecule has 3 aromatic heterocycles. The van der Waals surface area contributed by atoms with E-state index in [1.54, 1.807) is 41.1 Å². The average Bonchev–Trinajstić information content (AvgIpc) is 3.42. The number of ether oxygens (including phenoxy) is 1. The SMILES string of the molecule is COc1ccc(-c2nc(-c3cccs3)c(/N=C(\N)c3cccs3)s2)cc1. The summed E-state index contributed by atoms with van der Waals surface area (Å²) in [6, 6.07) is 15.9. The summed E-state index contributed by atoms with van der Waals surface area (Å²) in [5.41, 5.74) is 8.11. The second-order valence-corrected chi connectivity index (χ2v) is 8.23. The molecule has 4 rings (SSSR count). The van der Waals surface area contributed by atoms with Gasteiger partial charge in [-0.2, -0.15) is 0 Å². The summed E-state index contributed by atoms with van der Waals surface area (Å²) in [5, 5.41) is 5.77. The van der Waals surface area contributed by atoms with Crippen LogP contribution in [0.3, 0.4) is 0 Å². The van der Waals surface area contributed by atoms with Gasteiger partial charge in [0.15, 0.2) is 0 Å². The zero-order valence-electron chi connectivity index (χ0n) is 13.9. The van der Waals surface area contributed by atoms with Crippen molar-refractivity contribution in [2.75, 3.05) is 7.11 Å². The van der Waals surface area contributed by atoms with Crippen molar-refractivity contribution >= 4 is 44.8 Å². The molecule has 130 valence electrons. The summed E-state index contributed by atoms with van der Waals surface area (Å²) in [7, 11) is 1.66. The van der Waals surface area contributed by atoms with Crippen molar-refractivity contribution in [3.8, 4) is 26.9 Å². The van der Waals surface area contributed by atoms with Gasteiger partial charge in [0.1, 0.15) is 27.3 Å². The summed E-state index contributed by atoms with van der Waals surface area (Å²) in [6.07, 6.45) is 0. The van der Waals surface area contributed by atoms with Crippen LogP contribution in [-0.2, 0) is 0 Å². The zero-order chi connectivity index (χ0) is 17.9. The van der Waals surface area contributed by atoms with Crippen LogP contribution in [-0.4, -0.2) is 17.9 Å². The highest BCUT2D eigenvalue weighted by Gasteiger charge is 2.16. The van der Waals surface area contributed by atoms with Crippen molar-refractivity contribution in [1.29, 1.82) is 0 Å². The van der Waals surface area contributed by atoms with Crippen molar-refractivity contribution in [2.45, 2.75) is 0 Å². The van der Waals surface area contributed by atoms with Gasteiger partial charge in [-0.05, 0) is 47.2 Å². The van der Waals surface area contributed by atoms with Crippen LogP contribution in [0.15, 0.2) is 64.3 Å². The van der Waals surface area contributed by atoms with Gasteiger partial charge in [0, 0.05) is 5.56 Å². The fourth-order valence-corrected chi connectivity index (χ4v) is 4.78. The van der Waals surface area contributed by atoms with Crippen LogP contribution in [0, 0.1) is 0 Å². The number of hydrogen-bond donors (Lipinski definition) is 1. The van der Waals surface area contributed by atoms with Crippen LogP contribution < -0.4 is 10.5 Å². The first-order valence-corrected chi connectivity index (χ1v) is 10.4. The minimum absolute atomic E-state index is 0.516. The number of hydrogen-bond acceptors (Lipinski definition) is 6. The predicted octanol–water partition coefficient (Wildman–Crippen LogP) is 5.65. The first kappa shape index (κ1) is 17.0. The Morgan fingerprint density at radius 2 is 1.81 bits per heavy atom. The molecule has 4 nitrogen and oxygen atoms in total. The fraction of sp³-hybridized carbons (Fsp3) is 0.0526. The Balaban J connectivity index is 1.79. The first-order valence-electron chi connectivity index (χ1n) is 7.82. The molecule has 3 heterocycles. The van der Waals surface area contributed by atoms with E-state index in [-0.39, 0.29) is 0 Å². The summed E-state index contributed by atoms with van der Waals surface area (Å²) in [5.74, 6) is 1.34. The minimum Gasteiger partial charge on any atom is -0.497 e. The number of benzene rings is 1. The number of thiazole rings is 1. The lowest BCUT2D eigenvalue weighted by Crippen LogP contribution is -2.10. The van der Waals surface area contributed by atoms with Crippen molar-refractivity contribution in [3.05, 3.63) is 64.2 Å². The molecule has 0 aliphatic carbocycles. The number of amidine groups is 1. The lowest BCUT2D eigenvalue weighted by atomic mass is 10.2. The molecule has 0 aliphatic heterocycles. The Hall–Kier alpha value is -2.48. The van der Waals surface area contributed by atoms with E-state index < -0.39 is 0 Å². The predicted molar refractivity (Wildman–Crippen MR) is 112 cm³/mol.